The minimum absolute atomic E-state index is 0.0371. The Labute approximate surface area is 127 Å². The summed E-state index contributed by atoms with van der Waals surface area (Å²) in [7, 11) is 0. The molecule has 0 bridgehead atoms. The number of amides is 1. The first-order valence-corrected chi connectivity index (χ1v) is 7.47. The lowest BCUT2D eigenvalue weighted by molar-refractivity contribution is 0.0580. The normalized spacial score (nSPS) is 15.2. The van der Waals surface area contributed by atoms with Gasteiger partial charge in [-0.15, -0.1) is 0 Å². The van der Waals surface area contributed by atoms with Crippen molar-refractivity contribution in [2.75, 3.05) is 23.3 Å². The van der Waals surface area contributed by atoms with E-state index < -0.39 is 5.60 Å². The molecule has 0 aromatic heterocycles. The number of anilines is 2. The molecule has 0 saturated carbocycles. The zero-order chi connectivity index (χ0) is 15.8. The van der Waals surface area contributed by atoms with Crippen molar-refractivity contribution >= 4 is 17.5 Å². The lowest BCUT2D eigenvalue weighted by Gasteiger charge is -2.36. The van der Waals surface area contributed by atoms with Crippen molar-refractivity contribution in [3.05, 3.63) is 23.8 Å². The number of para-hydroxylation sites is 1. The van der Waals surface area contributed by atoms with E-state index in [2.05, 4.69) is 32.2 Å². The molecule has 1 N–H and O–H groups in total. The van der Waals surface area contributed by atoms with Crippen LogP contribution in [-0.2, 0) is 10.2 Å². The van der Waals surface area contributed by atoms with Crippen LogP contribution >= 0.6 is 0 Å². The van der Waals surface area contributed by atoms with Gasteiger partial charge in [0, 0.05) is 13.1 Å². The molecule has 0 atom stereocenters. The van der Waals surface area contributed by atoms with Crippen molar-refractivity contribution in [1.29, 1.82) is 0 Å². The van der Waals surface area contributed by atoms with Gasteiger partial charge in [0.1, 0.15) is 5.60 Å². The first-order chi connectivity index (χ1) is 9.59. The second kappa shape index (κ2) is 5.24. The SMILES string of the molecule is CC(C)(C)OC(=O)N1CCNc2cccc(C(C)(C)C)c21. The van der Waals surface area contributed by atoms with Crippen LogP contribution in [-0.4, -0.2) is 24.8 Å². The second-order valence-corrected chi connectivity index (χ2v) is 7.51. The van der Waals surface area contributed by atoms with Crippen molar-refractivity contribution in [2.24, 2.45) is 0 Å². The van der Waals surface area contributed by atoms with E-state index in [0.29, 0.717) is 6.54 Å². The van der Waals surface area contributed by atoms with Crippen LogP contribution in [0.4, 0.5) is 16.2 Å². The maximum Gasteiger partial charge on any atom is 0.414 e. The molecular formula is C17H26N2O2. The fourth-order valence-electron chi connectivity index (χ4n) is 2.50. The largest absolute Gasteiger partial charge is 0.443 e. The highest BCUT2D eigenvalue weighted by molar-refractivity contribution is 5.95. The molecule has 0 unspecified atom stereocenters. The number of hydrogen-bond acceptors (Lipinski definition) is 3. The fraction of sp³-hybridized carbons (Fsp3) is 0.588. The molecule has 1 aliphatic heterocycles. The highest BCUT2D eigenvalue weighted by atomic mass is 16.6. The summed E-state index contributed by atoms with van der Waals surface area (Å²) >= 11 is 0. The third kappa shape index (κ3) is 3.49. The highest BCUT2D eigenvalue weighted by Crippen LogP contribution is 2.39. The van der Waals surface area contributed by atoms with Gasteiger partial charge in [0.15, 0.2) is 0 Å². The Bertz CT molecular complexity index is 539. The van der Waals surface area contributed by atoms with Gasteiger partial charge in [-0.1, -0.05) is 32.9 Å². The molecule has 21 heavy (non-hydrogen) atoms. The van der Waals surface area contributed by atoms with Gasteiger partial charge in [-0.3, -0.25) is 4.90 Å². The van der Waals surface area contributed by atoms with Crippen molar-refractivity contribution < 1.29 is 9.53 Å². The van der Waals surface area contributed by atoms with Crippen LogP contribution < -0.4 is 10.2 Å². The zero-order valence-electron chi connectivity index (χ0n) is 13.9. The van der Waals surface area contributed by atoms with Crippen LogP contribution in [0.1, 0.15) is 47.1 Å². The molecule has 1 heterocycles. The summed E-state index contributed by atoms with van der Waals surface area (Å²) in [6.45, 7) is 13.5. The number of carbonyl (C=O) groups is 1. The standard InChI is InChI=1S/C17H26N2O2/c1-16(2,3)12-8-7-9-13-14(12)19(11-10-18-13)15(20)21-17(4,5)6/h7-9,18H,10-11H2,1-6H3. The molecule has 0 fully saturated rings. The number of ether oxygens (including phenoxy) is 1. The molecule has 4 nitrogen and oxygen atoms in total. The third-order valence-electron chi connectivity index (χ3n) is 3.38. The van der Waals surface area contributed by atoms with Crippen LogP contribution in [0.25, 0.3) is 0 Å². The van der Waals surface area contributed by atoms with Crippen LogP contribution in [0.2, 0.25) is 0 Å². The van der Waals surface area contributed by atoms with Gasteiger partial charge in [0.2, 0.25) is 0 Å². The van der Waals surface area contributed by atoms with Crippen molar-refractivity contribution in [3.63, 3.8) is 0 Å². The number of hydrogen-bond donors (Lipinski definition) is 1. The van der Waals surface area contributed by atoms with Crippen molar-refractivity contribution in [1.82, 2.24) is 0 Å². The summed E-state index contributed by atoms with van der Waals surface area (Å²) in [5, 5.41) is 3.37. The first-order valence-electron chi connectivity index (χ1n) is 7.47. The maximum absolute atomic E-state index is 12.5. The van der Waals surface area contributed by atoms with E-state index >= 15 is 0 Å². The molecule has 116 valence electrons. The number of carbonyl (C=O) groups excluding carboxylic acids is 1. The number of benzene rings is 1. The molecule has 0 spiro atoms. The molecule has 0 radical (unpaired) electrons. The Morgan fingerprint density at radius 1 is 1.19 bits per heavy atom. The predicted molar refractivity (Wildman–Crippen MR) is 87.2 cm³/mol. The lowest BCUT2D eigenvalue weighted by Crippen LogP contribution is -2.43. The van der Waals surface area contributed by atoms with E-state index in [1.807, 2.05) is 32.9 Å². The van der Waals surface area contributed by atoms with E-state index in [1.54, 1.807) is 4.90 Å². The van der Waals surface area contributed by atoms with Gasteiger partial charge >= 0.3 is 6.09 Å². The topological polar surface area (TPSA) is 41.6 Å². The van der Waals surface area contributed by atoms with E-state index in [1.165, 1.54) is 0 Å². The van der Waals surface area contributed by atoms with Crippen LogP contribution in [0.3, 0.4) is 0 Å². The molecular weight excluding hydrogens is 264 g/mol. The Morgan fingerprint density at radius 3 is 2.43 bits per heavy atom. The number of rotatable bonds is 0. The van der Waals surface area contributed by atoms with Gasteiger partial charge < -0.3 is 10.1 Å². The van der Waals surface area contributed by atoms with Gasteiger partial charge in [0.25, 0.3) is 0 Å². The lowest BCUT2D eigenvalue weighted by atomic mass is 9.84. The molecule has 1 aliphatic rings. The van der Waals surface area contributed by atoms with Gasteiger partial charge in [0.05, 0.1) is 11.4 Å². The smallest absolute Gasteiger partial charge is 0.414 e. The monoisotopic (exact) mass is 290 g/mol. The molecule has 1 aromatic carbocycles. The molecule has 0 aliphatic carbocycles. The third-order valence-corrected chi connectivity index (χ3v) is 3.38. The second-order valence-electron chi connectivity index (χ2n) is 7.51. The highest BCUT2D eigenvalue weighted by Gasteiger charge is 2.31. The van der Waals surface area contributed by atoms with E-state index in [4.69, 9.17) is 4.74 Å². The maximum atomic E-state index is 12.5. The average Bonchev–Trinajstić information content (AvgIpc) is 2.34. The molecule has 0 saturated heterocycles. The van der Waals surface area contributed by atoms with E-state index in [0.717, 1.165) is 23.5 Å². The van der Waals surface area contributed by atoms with Crippen LogP contribution in [0.5, 0.6) is 0 Å². The number of nitrogens with zero attached hydrogens (tertiary/aromatic N) is 1. The van der Waals surface area contributed by atoms with Crippen LogP contribution in [0.15, 0.2) is 18.2 Å². The van der Waals surface area contributed by atoms with Crippen LogP contribution in [0, 0.1) is 0 Å². The van der Waals surface area contributed by atoms with Gasteiger partial charge in [-0.25, -0.2) is 4.79 Å². The summed E-state index contributed by atoms with van der Waals surface area (Å²) in [6.07, 6.45) is -0.276. The first kappa shape index (κ1) is 15.7. The minimum Gasteiger partial charge on any atom is -0.443 e. The minimum atomic E-state index is -0.487. The van der Waals surface area contributed by atoms with Crippen molar-refractivity contribution in [2.45, 2.75) is 52.6 Å². The number of nitrogens with one attached hydrogen (secondary N) is 1. The van der Waals surface area contributed by atoms with Crippen molar-refractivity contribution in [3.8, 4) is 0 Å². The Kier molecular flexibility index (Phi) is 3.91. The molecule has 1 amide bonds. The van der Waals surface area contributed by atoms with E-state index in [9.17, 15) is 4.79 Å². The van der Waals surface area contributed by atoms with Gasteiger partial charge in [-0.05, 0) is 37.8 Å². The summed E-state index contributed by atoms with van der Waals surface area (Å²) in [6, 6.07) is 6.13. The molecule has 1 aromatic rings. The quantitative estimate of drug-likeness (QED) is 0.780. The summed E-state index contributed by atoms with van der Waals surface area (Å²) < 4.78 is 5.56. The average molecular weight is 290 g/mol. The number of fused-ring (bicyclic) bond motifs is 1. The Morgan fingerprint density at radius 2 is 1.86 bits per heavy atom. The fourth-order valence-corrected chi connectivity index (χ4v) is 2.50. The summed E-state index contributed by atoms with van der Waals surface area (Å²) in [5.74, 6) is 0. The van der Waals surface area contributed by atoms with Gasteiger partial charge in [-0.2, -0.15) is 0 Å². The summed E-state index contributed by atoms with van der Waals surface area (Å²) in [4.78, 5) is 14.3. The molecule has 2 rings (SSSR count). The zero-order valence-corrected chi connectivity index (χ0v) is 13.9. The predicted octanol–water partition coefficient (Wildman–Crippen LogP) is 4.15. The molecule has 4 heteroatoms. The summed E-state index contributed by atoms with van der Waals surface area (Å²) in [5.41, 5.74) is 2.58. The Hall–Kier alpha value is -1.71. The Balaban J connectivity index is 2.45. The van der Waals surface area contributed by atoms with E-state index in [-0.39, 0.29) is 11.5 Å².